The van der Waals surface area contributed by atoms with E-state index in [1.807, 2.05) is 30.3 Å². The first-order valence-corrected chi connectivity index (χ1v) is 8.32. The Balaban J connectivity index is 1.64. The molecule has 3 aromatic rings. The number of aliphatic hydroxyl groups excluding tert-OH is 1. The minimum absolute atomic E-state index is 0.0703. The smallest absolute Gasteiger partial charge is 0.277 e. The highest BCUT2D eigenvalue weighted by molar-refractivity contribution is 6.04. The first kappa shape index (κ1) is 15.6. The second kappa shape index (κ2) is 6.53. The van der Waals surface area contributed by atoms with Crippen molar-refractivity contribution in [3.8, 4) is 11.5 Å². The number of hydrogen-bond donors (Lipinski definition) is 2. The molecule has 0 bridgehead atoms. The van der Waals surface area contributed by atoms with E-state index in [-0.39, 0.29) is 18.4 Å². The highest BCUT2D eigenvalue weighted by atomic mass is 16.4. The maximum Gasteiger partial charge on any atom is 0.277 e. The minimum Gasteiger partial charge on any atom is -0.440 e. The van der Waals surface area contributed by atoms with E-state index in [0.29, 0.717) is 23.0 Å². The summed E-state index contributed by atoms with van der Waals surface area (Å²) in [6.45, 7) is -0.0703. The van der Waals surface area contributed by atoms with E-state index in [1.165, 1.54) is 0 Å². The standard InChI is InChI=1S/C20H18N2O3/c23-12-13-5-4-8-16(11-13)21-19(24)17-18(14-9-10-14)25-20(22-17)15-6-2-1-3-7-15/h1-8,11,14,23H,9-10,12H2,(H,21,24). The van der Waals surface area contributed by atoms with Crippen molar-refractivity contribution in [2.75, 3.05) is 5.32 Å². The highest BCUT2D eigenvalue weighted by Gasteiger charge is 2.34. The van der Waals surface area contributed by atoms with Gasteiger partial charge in [0.05, 0.1) is 6.61 Å². The van der Waals surface area contributed by atoms with Crippen LogP contribution in [-0.4, -0.2) is 16.0 Å². The Morgan fingerprint density at radius 3 is 2.68 bits per heavy atom. The van der Waals surface area contributed by atoms with Crippen molar-refractivity contribution in [2.24, 2.45) is 0 Å². The van der Waals surface area contributed by atoms with Crippen molar-refractivity contribution in [2.45, 2.75) is 25.4 Å². The molecule has 1 aliphatic carbocycles. The SMILES string of the molecule is O=C(Nc1cccc(CO)c1)c1nc(-c2ccccc2)oc1C1CC1. The molecule has 4 rings (SSSR count). The third-order valence-electron chi connectivity index (χ3n) is 4.20. The topological polar surface area (TPSA) is 75.4 Å². The van der Waals surface area contributed by atoms with E-state index >= 15 is 0 Å². The van der Waals surface area contributed by atoms with Crippen molar-refractivity contribution >= 4 is 11.6 Å². The van der Waals surface area contributed by atoms with Gasteiger partial charge in [0.25, 0.3) is 5.91 Å². The van der Waals surface area contributed by atoms with Crippen LogP contribution < -0.4 is 5.32 Å². The predicted octanol–water partition coefficient (Wildman–Crippen LogP) is 3.96. The van der Waals surface area contributed by atoms with Gasteiger partial charge in [-0.3, -0.25) is 4.79 Å². The first-order chi connectivity index (χ1) is 12.2. The lowest BCUT2D eigenvalue weighted by atomic mass is 10.2. The Hall–Kier alpha value is -2.92. The molecular formula is C20H18N2O3. The summed E-state index contributed by atoms with van der Waals surface area (Å²) in [5.41, 5.74) is 2.56. The molecule has 0 spiro atoms. The van der Waals surface area contributed by atoms with Crippen LogP contribution >= 0.6 is 0 Å². The van der Waals surface area contributed by atoms with Gasteiger partial charge in [-0.15, -0.1) is 0 Å². The summed E-state index contributed by atoms with van der Waals surface area (Å²) >= 11 is 0. The molecule has 0 atom stereocenters. The second-order valence-electron chi connectivity index (χ2n) is 6.18. The number of benzene rings is 2. The molecule has 0 aliphatic heterocycles. The molecule has 25 heavy (non-hydrogen) atoms. The zero-order chi connectivity index (χ0) is 17.2. The molecule has 126 valence electrons. The molecule has 5 nitrogen and oxygen atoms in total. The number of carbonyl (C=O) groups excluding carboxylic acids is 1. The van der Waals surface area contributed by atoms with Crippen LogP contribution in [0, 0.1) is 0 Å². The van der Waals surface area contributed by atoms with Crippen molar-refractivity contribution < 1.29 is 14.3 Å². The van der Waals surface area contributed by atoms with E-state index in [0.717, 1.165) is 24.0 Å². The van der Waals surface area contributed by atoms with Crippen molar-refractivity contribution in [3.63, 3.8) is 0 Å². The van der Waals surface area contributed by atoms with Gasteiger partial charge in [-0.05, 0) is 42.7 Å². The lowest BCUT2D eigenvalue weighted by Gasteiger charge is -2.05. The second-order valence-corrected chi connectivity index (χ2v) is 6.18. The third-order valence-corrected chi connectivity index (χ3v) is 4.20. The number of nitrogens with zero attached hydrogens (tertiary/aromatic N) is 1. The first-order valence-electron chi connectivity index (χ1n) is 8.32. The van der Waals surface area contributed by atoms with Crippen LogP contribution in [0.2, 0.25) is 0 Å². The summed E-state index contributed by atoms with van der Waals surface area (Å²) in [7, 11) is 0. The van der Waals surface area contributed by atoms with Gasteiger partial charge in [-0.2, -0.15) is 0 Å². The lowest BCUT2D eigenvalue weighted by Crippen LogP contribution is -2.14. The molecule has 1 amide bonds. The van der Waals surface area contributed by atoms with Crippen LogP contribution in [-0.2, 0) is 6.61 Å². The number of hydrogen-bond acceptors (Lipinski definition) is 4. The van der Waals surface area contributed by atoms with Crippen molar-refractivity contribution in [1.82, 2.24) is 4.98 Å². The van der Waals surface area contributed by atoms with Crippen LogP contribution in [0.3, 0.4) is 0 Å². The summed E-state index contributed by atoms with van der Waals surface area (Å²) in [5.74, 6) is 1.11. The number of aliphatic hydroxyl groups is 1. The van der Waals surface area contributed by atoms with Crippen molar-refractivity contribution in [1.29, 1.82) is 0 Å². The summed E-state index contributed by atoms with van der Waals surface area (Å²) in [6, 6.07) is 16.7. The molecular weight excluding hydrogens is 316 g/mol. The van der Waals surface area contributed by atoms with Gasteiger partial charge in [-0.25, -0.2) is 4.98 Å². The number of carbonyl (C=O) groups is 1. The number of amides is 1. The third kappa shape index (κ3) is 3.32. The summed E-state index contributed by atoms with van der Waals surface area (Å²) < 4.78 is 5.92. The Labute approximate surface area is 145 Å². The quantitative estimate of drug-likeness (QED) is 0.740. The molecule has 5 heteroatoms. The maximum absolute atomic E-state index is 12.7. The lowest BCUT2D eigenvalue weighted by molar-refractivity contribution is 0.102. The number of aromatic nitrogens is 1. The van der Waals surface area contributed by atoms with Gasteiger partial charge in [-0.1, -0.05) is 30.3 Å². The predicted molar refractivity (Wildman–Crippen MR) is 94.2 cm³/mol. The summed E-state index contributed by atoms with van der Waals surface area (Å²) in [4.78, 5) is 17.2. The van der Waals surface area contributed by atoms with Crippen LogP contribution in [0.25, 0.3) is 11.5 Å². The number of rotatable bonds is 5. The Morgan fingerprint density at radius 2 is 1.96 bits per heavy atom. The fraction of sp³-hybridized carbons (Fsp3) is 0.200. The number of anilines is 1. The van der Waals surface area contributed by atoms with Gasteiger partial charge in [0.15, 0.2) is 5.69 Å². The van der Waals surface area contributed by atoms with Crippen LogP contribution in [0.15, 0.2) is 59.0 Å². The fourth-order valence-electron chi connectivity index (χ4n) is 2.76. The molecule has 1 heterocycles. The number of nitrogens with one attached hydrogen (secondary N) is 1. The molecule has 2 aromatic carbocycles. The zero-order valence-corrected chi connectivity index (χ0v) is 13.6. The van der Waals surface area contributed by atoms with Crippen LogP contribution in [0.4, 0.5) is 5.69 Å². The van der Waals surface area contributed by atoms with E-state index in [1.54, 1.807) is 24.3 Å². The van der Waals surface area contributed by atoms with E-state index in [9.17, 15) is 9.90 Å². The number of oxazole rings is 1. The van der Waals surface area contributed by atoms with E-state index < -0.39 is 0 Å². The molecule has 1 fully saturated rings. The van der Waals surface area contributed by atoms with Gasteiger partial charge in [0, 0.05) is 17.2 Å². The Morgan fingerprint density at radius 1 is 1.16 bits per heavy atom. The fourth-order valence-corrected chi connectivity index (χ4v) is 2.76. The molecule has 0 unspecified atom stereocenters. The Bertz CT molecular complexity index is 898. The van der Waals surface area contributed by atoms with Gasteiger partial charge in [0.1, 0.15) is 5.76 Å². The average Bonchev–Trinajstić information content (AvgIpc) is 3.40. The summed E-state index contributed by atoms with van der Waals surface area (Å²) in [6.07, 6.45) is 2.04. The molecule has 1 saturated carbocycles. The van der Waals surface area contributed by atoms with Gasteiger partial charge >= 0.3 is 0 Å². The zero-order valence-electron chi connectivity index (χ0n) is 13.6. The molecule has 1 aliphatic rings. The highest BCUT2D eigenvalue weighted by Crippen LogP contribution is 2.43. The minimum atomic E-state index is -0.289. The van der Waals surface area contributed by atoms with Crippen LogP contribution in [0.5, 0.6) is 0 Å². The normalized spacial score (nSPS) is 13.6. The van der Waals surface area contributed by atoms with E-state index in [2.05, 4.69) is 10.3 Å². The van der Waals surface area contributed by atoms with E-state index in [4.69, 9.17) is 4.42 Å². The van der Waals surface area contributed by atoms with Crippen molar-refractivity contribution in [3.05, 3.63) is 71.6 Å². The van der Waals surface area contributed by atoms with Gasteiger partial charge in [0.2, 0.25) is 5.89 Å². The molecule has 2 N–H and O–H groups in total. The molecule has 1 aromatic heterocycles. The maximum atomic E-state index is 12.7. The monoisotopic (exact) mass is 334 g/mol. The van der Waals surface area contributed by atoms with Gasteiger partial charge < -0.3 is 14.8 Å². The molecule has 0 saturated heterocycles. The van der Waals surface area contributed by atoms with Crippen LogP contribution in [0.1, 0.15) is 40.6 Å². The summed E-state index contributed by atoms with van der Waals surface area (Å²) in [5, 5.41) is 12.1. The largest absolute Gasteiger partial charge is 0.440 e. The Kier molecular flexibility index (Phi) is 4.07. The average molecular weight is 334 g/mol. The molecule has 0 radical (unpaired) electrons.